The molecule has 0 amide bonds. The number of hydrogen-bond donors (Lipinski definition) is 2. The first kappa shape index (κ1) is 17.7. The average molecular weight is 298 g/mol. The predicted molar refractivity (Wildman–Crippen MR) is 75.1 cm³/mol. The number of unbranched alkanes of at least 4 members (excludes halogenated alkanes) is 1. The van der Waals surface area contributed by atoms with Gasteiger partial charge in [-0.1, -0.05) is 12.2 Å². The summed E-state index contributed by atoms with van der Waals surface area (Å²) in [5.74, 6) is 0. The van der Waals surface area contributed by atoms with E-state index in [1.54, 1.807) is 7.11 Å². The first-order chi connectivity index (χ1) is 8.41. The van der Waals surface area contributed by atoms with Crippen LogP contribution in [-0.4, -0.2) is 52.1 Å². The van der Waals surface area contributed by atoms with Gasteiger partial charge in [0.25, 0.3) is 0 Å². The van der Waals surface area contributed by atoms with Crippen LogP contribution >= 0.6 is 12.2 Å². The summed E-state index contributed by atoms with van der Waals surface area (Å²) >= 11 is 4.65. The van der Waals surface area contributed by atoms with E-state index in [-0.39, 0.29) is 4.99 Å². The molecule has 0 aliphatic carbocycles. The molecule has 108 valence electrons. The fourth-order valence-corrected chi connectivity index (χ4v) is 2.43. The smallest absolute Gasteiger partial charge is 0.220 e. The lowest BCUT2D eigenvalue weighted by Gasteiger charge is -2.12. The second kappa shape index (κ2) is 9.62. The van der Waals surface area contributed by atoms with E-state index in [1.807, 2.05) is 0 Å². The Kier molecular flexibility index (Phi) is 9.47. The van der Waals surface area contributed by atoms with Gasteiger partial charge in [0.05, 0.1) is 18.2 Å². The lowest BCUT2D eigenvalue weighted by Crippen LogP contribution is -2.40. The van der Waals surface area contributed by atoms with E-state index < -0.39 is 15.3 Å². The van der Waals surface area contributed by atoms with E-state index in [1.165, 1.54) is 6.92 Å². The minimum atomic E-state index is -3.44. The lowest BCUT2D eigenvalue weighted by atomic mass is 10.3. The maximum atomic E-state index is 11.6. The highest BCUT2D eigenvalue weighted by molar-refractivity contribution is 7.93. The van der Waals surface area contributed by atoms with Gasteiger partial charge in [0.15, 0.2) is 0 Å². The van der Waals surface area contributed by atoms with E-state index in [4.69, 9.17) is 15.2 Å². The SMILES string of the molecule is COCCOCCCCNS(=O)(=O)C(C)C(N)=S. The molecule has 0 aromatic rings. The van der Waals surface area contributed by atoms with Crippen molar-refractivity contribution in [2.24, 2.45) is 5.73 Å². The highest BCUT2D eigenvalue weighted by atomic mass is 32.2. The summed E-state index contributed by atoms with van der Waals surface area (Å²) in [6.07, 6.45) is 1.49. The molecule has 6 nitrogen and oxygen atoms in total. The molecule has 0 heterocycles. The van der Waals surface area contributed by atoms with Crippen LogP contribution < -0.4 is 10.5 Å². The van der Waals surface area contributed by atoms with Crippen LogP contribution in [-0.2, 0) is 19.5 Å². The highest BCUT2D eigenvalue weighted by Crippen LogP contribution is 1.99. The number of nitrogens with two attached hydrogens (primary N) is 1. The van der Waals surface area contributed by atoms with Crippen LogP contribution in [0.5, 0.6) is 0 Å². The largest absolute Gasteiger partial charge is 0.392 e. The van der Waals surface area contributed by atoms with Gasteiger partial charge < -0.3 is 15.2 Å². The number of hydrogen-bond acceptors (Lipinski definition) is 5. The number of nitrogens with one attached hydrogen (secondary N) is 1. The molecule has 0 saturated heterocycles. The number of sulfonamides is 1. The zero-order chi connectivity index (χ0) is 14.0. The minimum absolute atomic E-state index is 0.0228. The van der Waals surface area contributed by atoms with E-state index in [9.17, 15) is 8.42 Å². The monoisotopic (exact) mass is 298 g/mol. The van der Waals surface area contributed by atoms with Crippen LogP contribution in [0.15, 0.2) is 0 Å². The predicted octanol–water partition coefficient (Wildman–Crippen LogP) is 0.0236. The number of ether oxygens (including phenoxy) is 2. The normalized spacial score (nSPS) is 13.4. The van der Waals surface area contributed by atoms with Gasteiger partial charge in [-0.25, -0.2) is 13.1 Å². The second-order valence-electron chi connectivity index (χ2n) is 3.80. The number of methoxy groups -OCH3 is 1. The molecule has 0 spiro atoms. The summed E-state index contributed by atoms with van der Waals surface area (Å²) in [7, 11) is -1.83. The molecule has 0 aliphatic rings. The van der Waals surface area contributed by atoms with Crippen LogP contribution in [0.2, 0.25) is 0 Å². The maximum Gasteiger partial charge on any atom is 0.220 e. The van der Waals surface area contributed by atoms with Crippen molar-refractivity contribution in [1.82, 2.24) is 4.72 Å². The first-order valence-corrected chi connectivity index (χ1v) is 7.71. The molecule has 8 heteroatoms. The van der Waals surface area contributed by atoms with Gasteiger partial charge in [-0.05, 0) is 19.8 Å². The van der Waals surface area contributed by atoms with Crippen molar-refractivity contribution in [2.75, 3.05) is 33.5 Å². The molecule has 0 aromatic heterocycles. The third kappa shape index (κ3) is 7.93. The summed E-state index contributed by atoms with van der Waals surface area (Å²) < 4.78 is 35.8. The van der Waals surface area contributed by atoms with Gasteiger partial charge in [-0.15, -0.1) is 0 Å². The zero-order valence-corrected chi connectivity index (χ0v) is 12.5. The third-order valence-electron chi connectivity index (χ3n) is 2.32. The average Bonchev–Trinajstić information content (AvgIpc) is 2.31. The van der Waals surface area contributed by atoms with E-state index in [2.05, 4.69) is 16.9 Å². The number of rotatable bonds is 11. The molecule has 1 unspecified atom stereocenters. The Morgan fingerprint density at radius 3 is 2.56 bits per heavy atom. The molecule has 18 heavy (non-hydrogen) atoms. The fourth-order valence-electron chi connectivity index (χ4n) is 1.07. The van der Waals surface area contributed by atoms with Crippen molar-refractivity contribution in [1.29, 1.82) is 0 Å². The van der Waals surface area contributed by atoms with Crippen molar-refractivity contribution in [2.45, 2.75) is 25.0 Å². The Morgan fingerprint density at radius 2 is 2.00 bits per heavy atom. The molecule has 0 fully saturated rings. The molecule has 1 atom stereocenters. The topological polar surface area (TPSA) is 90.6 Å². The molecule has 0 saturated carbocycles. The fraction of sp³-hybridized carbons (Fsp3) is 0.900. The van der Waals surface area contributed by atoms with Crippen molar-refractivity contribution < 1.29 is 17.9 Å². The molecule has 0 aliphatic heterocycles. The summed E-state index contributed by atoms with van der Waals surface area (Å²) in [6.45, 7) is 3.55. The van der Waals surface area contributed by atoms with Gasteiger partial charge in [-0.3, -0.25) is 0 Å². The minimum Gasteiger partial charge on any atom is -0.392 e. The molecule has 3 N–H and O–H groups in total. The van der Waals surface area contributed by atoms with Crippen LogP contribution in [0.1, 0.15) is 19.8 Å². The Bertz CT molecular complexity index is 333. The summed E-state index contributed by atoms with van der Waals surface area (Å²) in [6, 6.07) is 0. The Hall–Kier alpha value is -0.280. The van der Waals surface area contributed by atoms with Crippen molar-refractivity contribution in [3.8, 4) is 0 Å². The van der Waals surface area contributed by atoms with Crippen LogP contribution in [0.3, 0.4) is 0 Å². The molecule has 0 aromatic carbocycles. The standard InChI is InChI=1S/C10H22N2O4S2/c1-9(10(11)17)18(13,14)12-5-3-4-6-16-8-7-15-2/h9,12H,3-8H2,1-2H3,(H2,11,17). The lowest BCUT2D eigenvalue weighted by molar-refractivity contribution is 0.0689. The maximum absolute atomic E-state index is 11.6. The third-order valence-corrected chi connectivity index (χ3v) is 4.61. The van der Waals surface area contributed by atoms with Crippen LogP contribution in [0.25, 0.3) is 0 Å². The molecular weight excluding hydrogens is 276 g/mol. The Labute approximate surface area is 114 Å². The Balaban J connectivity index is 3.63. The van der Waals surface area contributed by atoms with E-state index in [0.29, 0.717) is 32.8 Å². The van der Waals surface area contributed by atoms with E-state index >= 15 is 0 Å². The quantitative estimate of drug-likeness (QED) is 0.413. The van der Waals surface area contributed by atoms with Crippen LogP contribution in [0, 0.1) is 0 Å². The van der Waals surface area contributed by atoms with Crippen molar-refractivity contribution >= 4 is 27.2 Å². The number of thiocarbonyl (C=S) groups is 1. The molecule has 0 rings (SSSR count). The van der Waals surface area contributed by atoms with Gasteiger partial charge >= 0.3 is 0 Å². The van der Waals surface area contributed by atoms with Gasteiger partial charge in [0.1, 0.15) is 5.25 Å². The van der Waals surface area contributed by atoms with Gasteiger partial charge in [-0.2, -0.15) is 0 Å². The summed E-state index contributed by atoms with van der Waals surface area (Å²) in [5.41, 5.74) is 5.30. The first-order valence-electron chi connectivity index (χ1n) is 5.76. The second-order valence-corrected chi connectivity index (χ2v) is 6.35. The van der Waals surface area contributed by atoms with E-state index in [0.717, 1.165) is 6.42 Å². The van der Waals surface area contributed by atoms with Gasteiger partial charge in [0.2, 0.25) is 10.0 Å². The van der Waals surface area contributed by atoms with Crippen LogP contribution in [0.4, 0.5) is 0 Å². The van der Waals surface area contributed by atoms with Gasteiger partial charge in [0, 0.05) is 20.3 Å². The summed E-state index contributed by atoms with van der Waals surface area (Å²) in [4.78, 5) is -0.0228. The van der Waals surface area contributed by atoms with Crippen molar-refractivity contribution in [3.05, 3.63) is 0 Å². The highest BCUT2D eigenvalue weighted by Gasteiger charge is 2.22. The summed E-state index contributed by atoms with van der Waals surface area (Å²) in [5, 5.41) is -0.842. The molecular formula is C10H22N2O4S2. The molecule has 0 bridgehead atoms. The van der Waals surface area contributed by atoms with Crippen molar-refractivity contribution in [3.63, 3.8) is 0 Å². The molecule has 0 radical (unpaired) electrons. The zero-order valence-electron chi connectivity index (χ0n) is 10.8. The Morgan fingerprint density at radius 1 is 1.33 bits per heavy atom.